The molecule has 1 aromatic carbocycles. The van der Waals surface area contributed by atoms with Crippen molar-refractivity contribution in [3.05, 3.63) is 23.8 Å². The third-order valence-corrected chi connectivity index (χ3v) is 5.71. The molecule has 2 fully saturated rings. The van der Waals surface area contributed by atoms with Crippen molar-refractivity contribution in [1.82, 2.24) is 0 Å². The Morgan fingerprint density at radius 1 is 1.11 bits per heavy atom. The zero-order chi connectivity index (χ0) is 20.0. The van der Waals surface area contributed by atoms with Crippen LogP contribution < -0.4 is 9.47 Å². The van der Waals surface area contributed by atoms with Crippen LogP contribution in [0.15, 0.2) is 18.2 Å². The molecule has 1 aromatic rings. The Hall–Kier alpha value is -3.28. The van der Waals surface area contributed by atoms with Gasteiger partial charge in [0.15, 0.2) is 5.41 Å². The van der Waals surface area contributed by atoms with E-state index in [2.05, 4.69) is 0 Å². The fourth-order valence-electron chi connectivity index (χ4n) is 4.03. The van der Waals surface area contributed by atoms with E-state index in [-0.39, 0.29) is 0 Å². The first-order valence-corrected chi connectivity index (χ1v) is 8.21. The van der Waals surface area contributed by atoms with Crippen molar-refractivity contribution in [3.63, 3.8) is 0 Å². The molecule has 0 aliphatic carbocycles. The van der Waals surface area contributed by atoms with E-state index in [0.29, 0.717) is 17.1 Å². The molecule has 0 unspecified atom stereocenters. The smallest absolute Gasteiger partial charge is 0.214 e. The maximum atomic E-state index is 10.1. The molecule has 2 heterocycles. The van der Waals surface area contributed by atoms with Crippen molar-refractivity contribution < 1.29 is 18.9 Å². The van der Waals surface area contributed by atoms with E-state index < -0.39 is 34.5 Å². The second-order valence-corrected chi connectivity index (χ2v) is 6.73. The minimum Gasteiger partial charge on any atom is -0.497 e. The van der Waals surface area contributed by atoms with Crippen LogP contribution in [0.5, 0.6) is 11.5 Å². The molecule has 8 heteroatoms. The van der Waals surface area contributed by atoms with Crippen molar-refractivity contribution in [1.29, 1.82) is 21.2 Å². The first-order valence-electron chi connectivity index (χ1n) is 8.21. The normalized spacial score (nSPS) is 33.1. The lowest BCUT2D eigenvalue weighted by Crippen LogP contribution is -2.57. The van der Waals surface area contributed by atoms with Crippen LogP contribution in [0.4, 0.5) is 0 Å². The van der Waals surface area contributed by atoms with Crippen LogP contribution in [0.1, 0.15) is 25.5 Å². The largest absolute Gasteiger partial charge is 0.497 e. The van der Waals surface area contributed by atoms with Crippen molar-refractivity contribution in [3.8, 4) is 29.7 Å². The quantitative estimate of drug-likeness (QED) is 0.869. The summed E-state index contributed by atoms with van der Waals surface area (Å²) in [7, 11) is 2.93. The summed E-state index contributed by atoms with van der Waals surface area (Å²) in [4.78, 5) is 0. The summed E-state index contributed by atoms with van der Waals surface area (Å²) < 4.78 is 22.3. The number of fused-ring (bicyclic) bond motifs is 2. The van der Waals surface area contributed by atoms with E-state index in [9.17, 15) is 15.8 Å². The monoisotopic (exact) mass is 366 g/mol. The molecule has 2 saturated heterocycles. The lowest BCUT2D eigenvalue weighted by atomic mass is 9.54. The summed E-state index contributed by atoms with van der Waals surface area (Å²) >= 11 is 0. The average Bonchev–Trinajstić information content (AvgIpc) is 2.82. The fraction of sp³-hybridized carbons (Fsp3) is 0.474. The van der Waals surface area contributed by atoms with Gasteiger partial charge in [0.05, 0.1) is 38.3 Å². The molecule has 2 bridgehead atoms. The highest BCUT2D eigenvalue weighted by Gasteiger charge is 2.78. The van der Waals surface area contributed by atoms with E-state index >= 15 is 0 Å². The van der Waals surface area contributed by atoms with Crippen LogP contribution in [-0.4, -0.2) is 25.9 Å². The number of benzene rings is 1. The maximum Gasteiger partial charge on any atom is 0.214 e. The molecular weight excluding hydrogens is 348 g/mol. The molecule has 2 aliphatic rings. The number of rotatable bonds is 3. The van der Waals surface area contributed by atoms with Gasteiger partial charge >= 0.3 is 0 Å². The van der Waals surface area contributed by atoms with Gasteiger partial charge in [-0.1, -0.05) is 6.92 Å². The lowest BCUT2D eigenvalue weighted by Gasteiger charge is -2.47. The SMILES string of the molecule is COc1ccc(OC)c([C@@H]2O[C@@]3(C)OC(=N)[C@@](C#N)([C@@H]3C)C2(C#N)C#N)c1. The van der Waals surface area contributed by atoms with Crippen molar-refractivity contribution in [2.24, 2.45) is 16.7 Å². The molecular formula is C19H18N4O4. The van der Waals surface area contributed by atoms with Gasteiger partial charge in [0.1, 0.15) is 17.6 Å². The second kappa shape index (κ2) is 5.87. The van der Waals surface area contributed by atoms with Gasteiger partial charge in [-0.15, -0.1) is 0 Å². The summed E-state index contributed by atoms with van der Waals surface area (Å²) in [5.74, 6) is -1.66. The Bertz CT molecular complexity index is 926. The highest BCUT2D eigenvalue weighted by atomic mass is 16.7. The van der Waals surface area contributed by atoms with Gasteiger partial charge in [-0.05, 0) is 18.2 Å². The van der Waals surface area contributed by atoms with Crippen molar-refractivity contribution in [2.75, 3.05) is 14.2 Å². The van der Waals surface area contributed by atoms with Crippen LogP contribution in [0.3, 0.4) is 0 Å². The second-order valence-electron chi connectivity index (χ2n) is 6.73. The lowest BCUT2D eigenvalue weighted by molar-refractivity contribution is -0.269. The van der Waals surface area contributed by atoms with Crippen LogP contribution in [-0.2, 0) is 9.47 Å². The minimum absolute atomic E-state index is 0.368. The number of ether oxygens (including phenoxy) is 4. The number of hydrogen-bond acceptors (Lipinski definition) is 8. The molecule has 4 atom stereocenters. The van der Waals surface area contributed by atoms with Crippen LogP contribution in [0, 0.1) is 56.2 Å². The first-order chi connectivity index (χ1) is 12.8. The molecule has 8 nitrogen and oxygen atoms in total. The Balaban J connectivity index is 2.36. The topological polar surface area (TPSA) is 132 Å². The van der Waals surface area contributed by atoms with Crippen molar-refractivity contribution in [2.45, 2.75) is 25.7 Å². The minimum atomic E-state index is -2.02. The summed E-state index contributed by atoms with van der Waals surface area (Å²) in [6, 6.07) is 10.9. The van der Waals surface area contributed by atoms with Gasteiger partial charge in [0, 0.05) is 12.5 Å². The number of methoxy groups -OCH3 is 2. The Kier molecular flexibility index (Phi) is 4.03. The molecule has 2 aliphatic heterocycles. The van der Waals surface area contributed by atoms with E-state index in [0.717, 1.165) is 0 Å². The van der Waals surface area contributed by atoms with E-state index in [1.165, 1.54) is 14.2 Å². The summed E-state index contributed by atoms with van der Waals surface area (Å²) in [6.45, 7) is 3.25. The molecule has 0 spiro atoms. The van der Waals surface area contributed by atoms with Gasteiger partial charge in [-0.2, -0.15) is 15.8 Å². The van der Waals surface area contributed by atoms with Gasteiger partial charge in [0.2, 0.25) is 17.1 Å². The molecule has 1 N–H and O–H groups in total. The predicted octanol–water partition coefficient (Wildman–Crippen LogP) is 2.68. The highest BCUT2D eigenvalue weighted by molar-refractivity contribution is 5.89. The van der Waals surface area contributed by atoms with E-state index in [1.54, 1.807) is 32.0 Å². The molecule has 0 aromatic heterocycles. The molecule has 138 valence electrons. The first kappa shape index (κ1) is 18.5. The van der Waals surface area contributed by atoms with Crippen LogP contribution in [0.2, 0.25) is 0 Å². The van der Waals surface area contributed by atoms with Crippen LogP contribution >= 0.6 is 0 Å². The van der Waals surface area contributed by atoms with Crippen LogP contribution in [0.25, 0.3) is 0 Å². The Morgan fingerprint density at radius 2 is 1.78 bits per heavy atom. The van der Waals surface area contributed by atoms with E-state index in [1.807, 2.05) is 18.2 Å². The zero-order valence-corrected chi connectivity index (χ0v) is 15.4. The van der Waals surface area contributed by atoms with Gasteiger partial charge in [0.25, 0.3) is 0 Å². The molecule has 0 radical (unpaired) electrons. The summed E-state index contributed by atoms with van der Waals surface area (Å²) in [5.41, 5.74) is -3.44. The third kappa shape index (κ3) is 2.01. The Labute approximate surface area is 156 Å². The zero-order valence-electron chi connectivity index (χ0n) is 15.4. The molecule has 0 amide bonds. The number of nitrogens with zero attached hydrogens (tertiary/aromatic N) is 3. The highest BCUT2D eigenvalue weighted by Crippen LogP contribution is 2.66. The maximum absolute atomic E-state index is 10.1. The number of hydrogen-bond donors (Lipinski definition) is 1. The van der Waals surface area contributed by atoms with Gasteiger partial charge in [-0.25, -0.2) is 0 Å². The molecule has 27 heavy (non-hydrogen) atoms. The number of nitrogens with one attached hydrogen (secondary N) is 1. The number of nitriles is 3. The molecule has 3 rings (SSSR count). The summed E-state index contributed by atoms with van der Waals surface area (Å²) in [5, 5.41) is 38.5. The third-order valence-electron chi connectivity index (χ3n) is 5.71. The van der Waals surface area contributed by atoms with E-state index in [4.69, 9.17) is 24.4 Å². The average molecular weight is 366 g/mol. The van der Waals surface area contributed by atoms with Gasteiger partial charge < -0.3 is 18.9 Å². The standard InChI is InChI=1S/C19H18N4O4/c1-11-17(2)26-15(13-7-12(24-3)5-6-14(13)25-4)18(8-20,9-21)19(11,10-22)16(23)27-17/h5-7,11,15,23H,1-4H3/t11-,15+,17+,19-/m1/s1. The van der Waals surface area contributed by atoms with Gasteiger partial charge in [-0.3, -0.25) is 5.41 Å². The Morgan fingerprint density at radius 3 is 2.30 bits per heavy atom. The predicted molar refractivity (Wildman–Crippen MR) is 91.5 cm³/mol. The van der Waals surface area contributed by atoms with Crippen molar-refractivity contribution >= 4 is 5.90 Å². The summed E-state index contributed by atoms with van der Waals surface area (Å²) in [6.07, 6.45) is -1.19. The fourth-order valence-corrected chi connectivity index (χ4v) is 4.03. The molecule has 0 saturated carbocycles.